The first kappa shape index (κ1) is 22.6. The van der Waals surface area contributed by atoms with Gasteiger partial charge in [0, 0.05) is 40.2 Å². The lowest BCUT2D eigenvalue weighted by atomic mass is 10.1. The van der Waals surface area contributed by atoms with E-state index in [1.165, 1.54) is 4.31 Å². The van der Waals surface area contributed by atoms with Crippen LogP contribution >= 0.6 is 0 Å². The smallest absolute Gasteiger partial charge is 0.222 e. The van der Waals surface area contributed by atoms with Crippen LogP contribution in [0, 0.1) is 0 Å². The lowest BCUT2D eigenvalue weighted by molar-refractivity contribution is -0.131. The van der Waals surface area contributed by atoms with Crippen LogP contribution in [-0.2, 0) is 21.2 Å². The molecule has 2 rings (SSSR count). The zero-order chi connectivity index (χ0) is 20.6. The molecule has 7 nitrogen and oxygen atoms in total. The van der Waals surface area contributed by atoms with Gasteiger partial charge in [0.1, 0.15) is 5.75 Å². The van der Waals surface area contributed by atoms with Crippen molar-refractivity contribution in [3.8, 4) is 5.75 Å². The third-order valence-electron chi connectivity index (χ3n) is 5.16. The van der Waals surface area contributed by atoms with Gasteiger partial charge in [-0.05, 0) is 50.0 Å². The minimum absolute atomic E-state index is 0.168. The van der Waals surface area contributed by atoms with Crippen molar-refractivity contribution in [1.82, 2.24) is 14.1 Å². The van der Waals surface area contributed by atoms with Crippen molar-refractivity contribution in [3.05, 3.63) is 29.8 Å². The van der Waals surface area contributed by atoms with Gasteiger partial charge in [-0.2, -0.15) is 0 Å². The Morgan fingerprint density at radius 1 is 1.11 bits per heavy atom. The van der Waals surface area contributed by atoms with Crippen LogP contribution in [0.5, 0.6) is 5.75 Å². The molecule has 0 saturated carbocycles. The van der Waals surface area contributed by atoms with E-state index < -0.39 is 10.0 Å². The number of methoxy groups -OCH3 is 1. The first-order valence-electron chi connectivity index (χ1n) is 9.85. The molecule has 1 amide bonds. The lowest BCUT2D eigenvalue weighted by Crippen LogP contribution is -2.36. The minimum Gasteiger partial charge on any atom is -0.497 e. The third-order valence-corrected chi connectivity index (χ3v) is 7.08. The summed E-state index contributed by atoms with van der Waals surface area (Å²) in [5.74, 6) is 1.18. The summed E-state index contributed by atoms with van der Waals surface area (Å²) >= 11 is 0. The Hall–Kier alpha value is -1.64. The van der Waals surface area contributed by atoms with Crippen molar-refractivity contribution < 1.29 is 17.9 Å². The van der Waals surface area contributed by atoms with Gasteiger partial charge in [-0.3, -0.25) is 4.79 Å². The molecule has 0 bridgehead atoms. The van der Waals surface area contributed by atoms with Gasteiger partial charge >= 0.3 is 0 Å². The van der Waals surface area contributed by atoms with Crippen molar-refractivity contribution >= 4 is 15.9 Å². The van der Waals surface area contributed by atoms with Gasteiger partial charge in [-0.25, -0.2) is 12.7 Å². The molecule has 0 atom stereocenters. The molecule has 1 aliphatic rings. The largest absolute Gasteiger partial charge is 0.497 e. The number of carbonyl (C=O) groups excluding carboxylic acids is 1. The van der Waals surface area contributed by atoms with Crippen molar-refractivity contribution in [2.75, 3.05) is 59.7 Å². The topological polar surface area (TPSA) is 70.2 Å². The molecular weight excluding hydrogens is 378 g/mol. The highest BCUT2D eigenvalue weighted by Crippen LogP contribution is 2.14. The number of nitrogens with zero attached hydrogens (tertiary/aromatic N) is 3. The summed E-state index contributed by atoms with van der Waals surface area (Å²) in [5.41, 5.74) is 1.13. The summed E-state index contributed by atoms with van der Waals surface area (Å²) in [6.07, 6.45) is 2.78. The molecule has 1 aliphatic heterocycles. The summed E-state index contributed by atoms with van der Waals surface area (Å²) < 4.78 is 30.1. The Morgan fingerprint density at radius 3 is 2.46 bits per heavy atom. The molecule has 1 fully saturated rings. The maximum atomic E-state index is 12.6. The molecule has 1 saturated heterocycles. The lowest BCUT2D eigenvalue weighted by Gasteiger charge is -2.22. The Morgan fingerprint density at radius 2 is 1.82 bits per heavy atom. The van der Waals surface area contributed by atoms with Gasteiger partial charge in [0.2, 0.25) is 15.9 Å². The Labute approximate surface area is 169 Å². The van der Waals surface area contributed by atoms with Crippen LogP contribution in [0.4, 0.5) is 0 Å². The average molecular weight is 412 g/mol. The van der Waals surface area contributed by atoms with Crippen molar-refractivity contribution in [2.45, 2.75) is 25.7 Å². The highest BCUT2D eigenvalue weighted by molar-refractivity contribution is 7.89. The molecule has 0 spiro atoms. The van der Waals surface area contributed by atoms with Crippen LogP contribution in [-0.4, -0.2) is 88.1 Å². The van der Waals surface area contributed by atoms with E-state index in [2.05, 4.69) is 4.90 Å². The molecule has 0 radical (unpaired) electrons. The number of sulfonamides is 1. The van der Waals surface area contributed by atoms with Gasteiger partial charge < -0.3 is 14.5 Å². The predicted octanol–water partition coefficient (Wildman–Crippen LogP) is 1.44. The summed E-state index contributed by atoms with van der Waals surface area (Å²) in [5, 5.41) is 0. The molecule has 0 aromatic heterocycles. The van der Waals surface area contributed by atoms with Gasteiger partial charge in [-0.1, -0.05) is 12.1 Å². The molecule has 28 heavy (non-hydrogen) atoms. The molecule has 8 heteroatoms. The van der Waals surface area contributed by atoms with Crippen molar-refractivity contribution in [2.24, 2.45) is 0 Å². The molecule has 0 unspecified atom stereocenters. The fourth-order valence-corrected chi connectivity index (χ4v) is 4.16. The summed E-state index contributed by atoms with van der Waals surface area (Å²) in [6, 6.07) is 7.83. The Bertz CT molecular complexity index is 719. The molecule has 0 aliphatic carbocycles. The van der Waals surface area contributed by atoms with Crippen LogP contribution in [0.2, 0.25) is 0 Å². The second-order valence-corrected chi connectivity index (χ2v) is 9.68. The van der Waals surface area contributed by atoms with Gasteiger partial charge in [0.05, 0.1) is 12.9 Å². The molecule has 158 valence electrons. The van der Waals surface area contributed by atoms with Crippen LogP contribution < -0.4 is 4.74 Å². The van der Waals surface area contributed by atoms with E-state index in [0.717, 1.165) is 50.3 Å². The van der Waals surface area contributed by atoms with E-state index in [9.17, 15) is 13.2 Å². The highest BCUT2D eigenvalue weighted by atomic mass is 32.2. The maximum Gasteiger partial charge on any atom is 0.222 e. The van der Waals surface area contributed by atoms with E-state index in [-0.39, 0.29) is 11.7 Å². The number of ether oxygens (including phenoxy) is 1. The SMILES string of the molecule is COc1ccc(CCC(=O)N2CCCN(CCCS(=O)(=O)N(C)C)CC2)cc1. The van der Waals surface area contributed by atoms with Gasteiger partial charge in [0.15, 0.2) is 0 Å². The predicted molar refractivity (Wildman–Crippen MR) is 111 cm³/mol. The van der Waals surface area contributed by atoms with Gasteiger partial charge in [-0.15, -0.1) is 0 Å². The molecule has 0 N–H and O–H groups in total. The van der Waals surface area contributed by atoms with Crippen LogP contribution in [0.1, 0.15) is 24.8 Å². The Balaban J connectivity index is 1.73. The minimum atomic E-state index is -3.14. The number of amides is 1. The number of rotatable bonds is 9. The first-order valence-corrected chi connectivity index (χ1v) is 11.5. The highest BCUT2D eigenvalue weighted by Gasteiger charge is 2.20. The van der Waals surface area contributed by atoms with E-state index in [4.69, 9.17) is 4.74 Å². The number of aryl methyl sites for hydroxylation is 1. The number of carbonyl (C=O) groups is 1. The fourth-order valence-electron chi connectivity index (χ4n) is 3.30. The zero-order valence-corrected chi connectivity index (χ0v) is 18.1. The standard InChI is InChI=1S/C20H33N3O4S/c1-21(2)28(25,26)17-5-13-22-12-4-14-23(16-15-22)20(24)11-8-18-6-9-19(27-3)10-7-18/h6-7,9-10H,4-5,8,11-17H2,1-3H3. The Kier molecular flexibility index (Phi) is 8.72. The quantitative estimate of drug-likeness (QED) is 0.615. The third kappa shape index (κ3) is 7.07. The molecular formula is C20H33N3O4S. The van der Waals surface area contributed by atoms with Crippen molar-refractivity contribution in [3.63, 3.8) is 0 Å². The number of hydrogen-bond donors (Lipinski definition) is 0. The van der Waals surface area contributed by atoms with Crippen LogP contribution in [0.25, 0.3) is 0 Å². The number of benzene rings is 1. The number of hydrogen-bond acceptors (Lipinski definition) is 5. The zero-order valence-electron chi connectivity index (χ0n) is 17.3. The van der Waals surface area contributed by atoms with Gasteiger partial charge in [0.25, 0.3) is 0 Å². The summed E-state index contributed by atoms with van der Waals surface area (Å²) in [4.78, 5) is 16.8. The molecule has 1 aromatic carbocycles. The molecule has 1 heterocycles. The monoisotopic (exact) mass is 411 g/mol. The van der Waals surface area contributed by atoms with E-state index in [0.29, 0.717) is 19.4 Å². The fraction of sp³-hybridized carbons (Fsp3) is 0.650. The maximum absolute atomic E-state index is 12.6. The normalized spacial score (nSPS) is 16.2. The molecule has 1 aromatic rings. The van der Waals surface area contributed by atoms with Crippen LogP contribution in [0.3, 0.4) is 0 Å². The van der Waals surface area contributed by atoms with E-state index in [1.54, 1.807) is 21.2 Å². The second-order valence-electron chi connectivity index (χ2n) is 7.38. The second kappa shape index (κ2) is 10.8. The first-order chi connectivity index (χ1) is 13.3. The summed E-state index contributed by atoms with van der Waals surface area (Å²) in [7, 11) is 1.64. The van der Waals surface area contributed by atoms with Crippen molar-refractivity contribution in [1.29, 1.82) is 0 Å². The van der Waals surface area contributed by atoms with E-state index in [1.807, 2.05) is 29.2 Å². The van der Waals surface area contributed by atoms with E-state index >= 15 is 0 Å². The summed E-state index contributed by atoms with van der Waals surface area (Å²) in [6.45, 7) is 3.94. The average Bonchev–Trinajstić information content (AvgIpc) is 2.92. The van der Waals surface area contributed by atoms with Crippen LogP contribution in [0.15, 0.2) is 24.3 Å².